The van der Waals surface area contributed by atoms with Crippen molar-refractivity contribution < 1.29 is 14.3 Å². The zero-order valence-corrected chi connectivity index (χ0v) is 11.5. The van der Waals surface area contributed by atoms with Gasteiger partial charge in [0.05, 0.1) is 11.2 Å². The molecular weight excluding hydrogens is 264 g/mol. The molecule has 0 aliphatic heterocycles. The van der Waals surface area contributed by atoms with Crippen molar-refractivity contribution in [2.45, 2.75) is 26.4 Å². The van der Waals surface area contributed by atoms with Crippen LogP contribution in [0.15, 0.2) is 22.1 Å². The minimum atomic E-state index is -0.249. The summed E-state index contributed by atoms with van der Waals surface area (Å²) in [5.74, 6) is 0.379. The van der Waals surface area contributed by atoms with E-state index in [4.69, 9.17) is 9.52 Å². The van der Waals surface area contributed by atoms with Crippen LogP contribution in [0.3, 0.4) is 0 Å². The monoisotopic (exact) mass is 280 g/mol. The lowest BCUT2D eigenvalue weighted by Gasteiger charge is -2.02. The largest absolute Gasteiger partial charge is 0.453 e. The van der Waals surface area contributed by atoms with Crippen LogP contribution < -0.4 is 5.32 Å². The Bertz CT molecular complexity index is 548. The second-order valence-electron chi connectivity index (χ2n) is 4.14. The van der Waals surface area contributed by atoms with Gasteiger partial charge < -0.3 is 14.8 Å². The minimum absolute atomic E-state index is 0.196. The third-order valence-corrected chi connectivity index (χ3v) is 3.75. The molecule has 6 heteroatoms. The highest BCUT2D eigenvalue weighted by atomic mass is 32.1. The van der Waals surface area contributed by atoms with Gasteiger partial charge in [-0.15, -0.1) is 11.3 Å². The van der Waals surface area contributed by atoms with Crippen LogP contribution in [0, 0.1) is 6.92 Å². The summed E-state index contributed by atoms with van der Waals surface area (Å²) in [6, 6.07) is 3.16. The van der Waals surface area contributed by atoms with E-state index < -0.39 is 0 Å². The lowest BCUT2D eigenvalue weighted by atomic mass is 10.2. The molecule has 2 aromatic rings. The summed E-state index contributed by atoms with van der Waals surface area (Å²) in [6.45, 7) is 2.38. The fourth-order valence-corrected chi connectivity index (χ4v) is 2.51. The predicted octanol–water partition coefficient (Wildman–Crippen LogP) is 1.90. The maximum Gasteiger partial charge on any atom is 0.286 e. The molecule has 1 amide bonds. The van der Waals surface area contributed by atoms with Crippen molar-refractivity contribution >= 4 is 17.2 Å². The van der Waals surface area contributed by atoms with E-state index in [1.165, 1.54) is 4.88 Å². The predicted molar refractivity (Wildman–Crippen MR) is 72.1 cm³/mol. The number of amides is 1. The van der Waals surface area contributed by atoms with Crippen LogP contribution >= 0.6 is 11.3 Å². The van der Waals surface area contributed by atoms with Crippen molar-refractivity contribution in [3.8, 4) is 0 Å². The molecule has 5 nitrogen and oxygen atoms in total. The molecule has 2 heterocycles. The Balaban J connectivity index is 1.73. The van der Waals surface area contributed by atoms with Gasteiger partial charge in [-0.25, -0.2) is 4.98 Å². The van der Waals surface area contributed by atoms with Crippen LogP contribution in [0.1, 0.15) is 33.3 Å². The fraction of sp³-hybridized carbons (Fsp3) is 0.385. The lowest BCUT2D eigenvalue weighted by molar-refractivity contribution is 0.0921. The molecule has 2 N–H and O–H groups in total. The number of aliphatic hydroxyl groups is 1. The molecule has 0 atom stereocenters. The van der Waals surface area contributed by atoms with Crippen LogP contribution in [-0.2, 0) is 13.0 Å². The molecule has 0 fully saturated rings. The van der Waals surface area contributed by atoms with E-state index in [9.17, 15) is 4.79 Å². The summed E-state index contributed by atoms with van der Waals surface area (Å²) in [6.07, 6.45) is 1.78. The van der Waals surface area contributed by atoms with Crippen molar-refractivity contribution in [3.05, 3.63) is 39.7 Å². The number of aliphatic hydroxyl groups excluding tert-OH is 1. The van der Waals surface area contributed by atoms with Gasteiger partial charge in [0.1, 0.15) is 12.4 Å². The van der Waals surface area contributed by atoms with Crippen LogP contribution in [0.2, 0.25) is 0 Å². The molecule has 0 aliphatic carbocycles. The number of furan rings is 1. The molecule has 102 valence electrons. The lowest BCUT2D eigenvalue weighted by Crippen LogP contribution is -2.24. The minimum Gasteiger partial charge on any atom is -0.453 e. The highest BCUT2D eigenvalue weighted by Crippen LogP contribution is 2.14. The first-order valence-corrected chi connectivity index (χ1v) is 6.95. The number of carbonyl (C=O) groups is 1. The van der Waals surface area contributed by atoms with E-state index in [2.05, 4.69) is 10.3 Å². The molecular formula is C13H16N2O3S. The van der Waals surface area contributed by atoms with Crippen LogP contribution in [-0.4, -0.2) is 22.5 Å². The van der Waals surface area contributed by atoms with Gasteiger partial charge in [0, 0.05) is 11.4 Å². The maximum atomic E-state index is 11.7. The highest BCUT2D eigenvalue weighted by molar-refractivity contribution is 7.09. The summed E-state index contributed by atoms with van der Waals surface area (Å²) in [4.78, 5) is 17.1. The summed E-state index contributed by atoms with van der Waals surface area (Å²) < 4.78 is 5.15. The molecule has 0 unspecified atom stereocenters. The van der Waals surface area contributed by atoms with Gasteiger partial charge in [-0.05, 0) is 31.9 Å². The Labute approximate surface area is 115 Å². The summed E-state index contributed by atoms with van der Waals surface area (Å²) >= 11 is 1.64. The first-order valence-electron chi connectivity index (χ1n) is 6.07. The zero-order valence-electron chi connectivity index (χ0n) is 10.7. The Hall–Kier alpha value is -1.66. The molecule has 0 saturated heterocycles. The van der Waals surface area contributed by atoms with Crippen LogP contribution in [0.4, 0.5) is 0 Å². The highest BCUT2D eigenvalue weighted by Gasteiger charge is 2.10. The van der Waals surface area contributed by atoms with E-state index in [-0.39, 0.29) is 18.3 Å². The molecule has 0 aliphatic rings. The molecule has 19 heavy (non-hydrogen) atoms. The zero-order chi connectivity index (χ0) is 13.7. The van der Waals surface area contributed by atoms with E-state index in [1.807, 2.05) is 12.4 Å². The average Bonchev–Trinajstić information content (AvgIpc) is 3.03. The maximum absolute atomic E-state index is 11.7. The number of nitrogens with one attached hydrogen (secondary N) is 1. The quantitative estimate of drug-likeness (QED) is 0.792. The number of nitrogens with zero attached hydrogens (tertiary/aromatic N) is 1. The molecule has 0 aromatic carbocycles. The summed E-state index contributed by atoms with van der Waals surface area (Å²) in [7, 11) is 0. The number of aromatic nitrogens is 1. The van der Waals surface area contributed by atoms with E-state index in [0.29, 0.717) is 12.3 Å². The molecule has 0 bridgehead atoms. The third-order valence-electron chi connectivity index (χ3n) is 2.75. The van der Waals surface area contributed by atoms with Gasteiger partial charge in [-0.3, -0.25) is 4.79 Å². The van der Waals surface area contributed by atoms with E-state index >= 15 is 0 Å². The van der Waals surface area contributed by atoms with E-state index in [0.717, 1.165) is 18.5 Å². The van der Waals surface area contributed by atoms with Gasteiger partial charge in [-0.2, -0.15) is 0 Å². The third kappa shape index (κ3) is 3.65. The van der Waals surface area contributed by atoms with Crippen molar-refractivity contribution in [3.63, 3.8) is 0 Å². The smallest absolute Gasteiger partial charge is 0.286 e. The molecule has 0 radical (unpaired) electrons. The van der Waals surface area contributed by atoms with Gasteiger partial charge in [0.25, 0.3) is 5.91 Å². The second-order valence-corrected chi connectivity index (χ2v) is 5.08. The molecule has 2 rings (SSSR count). The first-order chi connectivity index (χ1) is 9.20. The number of thiazole rings is 1. The van der Waals surface area contributed by atoms with Crippen molar-refractivity contribution in [1.29, 1.82) is 0 Å². The SMILES string of the molecule is Cc1ncsc1CCCNC(=O)c1ccc(CO)o1. The van der Waals surface area contributed by atoms with Gasteiger partial charge in [0.15, 0.2) is 5.76 Å². The number of hydrogen-bond acceptors (Lipinski definition) is 5. The second kappa shape index (κ2) is 6.49. The first kappa shape index (κ1) is 13.8. The Morgan fingerprint density at radius 2 is 2.37 bits per heavy atom. The number of carbonyl (C=O) groups excluding carboxylic acids is 1. The standard InChI is InChI=1S/C13H16N2O3S/c1-9-12(19-8-15-9)3-2-6-14-13(17)11-5-4-10(7-16)18-11/h4-5,8,16H,2-3,6-7H2,1H3,(H,14,17). The van der Waals surface area contributed by atoms with Gasteiger partial charge >= 0.3 is 0 Å². The fourth-order valence-electron chi connectivity index (χ4n) is 1.69. The molecule has 0 saturated carbocycles. The van der Waals surface area contributed by atoms with Crippen LogP contribution in [0.5, 0.6) is 0 Å². The number of rotatable bonds is 6. The summed E-state index contributed by atoms with van der Waals surface area (Å²) in [5, 5.41) is 11.6. The number of aryl methyl sites for hydroxylation is 2. The van der Waals surface area contributed by atoms with E-state index in [1.54, 1.807) is 23.5 Å². The van der Waals surface area contributed by atoms with Crippen molar-refractivity contribution in [2.24, 2.45) is 0 Å². The Morgan fingerprint density at radius 1 is 1.53 bits per heavy atom. The topological polar surface area (TPSA) is 75.4 Å². The molecule has 2 aromatic heterocycles. The van der Waals surface area contributed by atoms with Gasteiger partial charge in [0.2, 0.25) is 0 Å². The average molecular weight is 280 g/mol. The number of hydrogen-bond donors (Lipinski definition) is 2. The van der Waals surface area contributed by atoms with Crippen molar-refractivity contribution in [1.82, 2.24) is 10.3 Å². The Kier molecular flexibility index (Phi) is 4.70. The molecule has 0 spiro atoms. The van der Waals surface area contributed by atoms with Crippen molar-refractivity contribution in [2.75, 3.05) is 6.54 Å². The summed E-state index contributed by atoms with van der Waals surface area (Å²) in [5.41, 5.74) is 2.90. The Morgan fingerprint density at radius 3 is 3.00 bits per heavy atom. The van der Waals surface area contributed by atoms with Crippen LogP contribution in [0.25, 0.3) is 0 Å². The normalized spacial score (nSPS) is 10.6. The van der Waals surface area contributed by atoms with Gasteiger partial charge in [-0.1, -0.05) is 0 Å².